The van der Waals surface area contributed by atoms with Gasteiger partial charge in [0, 0.05) is 40.1 Å². The number of primary amides is 1. The van der Waals surface area contributed by atoms with Gasteiger partial charge in [-0.3, -0.25) is 24.5 Å². The number of anilines is 1. The average molecular weight is 907 g/mol. The van der Waals surface area contributed by atoms with Crippen LogP contribution in [0.1, 0.15) is 64.5 Å². The van der Waals surface area contributed by atoms with E-state index < -0.39 is 89.4 Å². The Labute approximate surface area is 373 Å². The molecule has 3 aliphatic rings. The number of carbonyl (C=O) groups excluding carboxylic acids is 6. The van der Waals surface area contributed by atoms with Gasteiger partial charge in [0.15, 0.2) is 5.72 Å². The highest BCUT2D eigenvalue weighted by molar-refractivity contribution is 6.34. The van der Waals surface area contributed by atoms with Crippen molar-refractivity contribution >= 4 is 53.0 Å². The molecule has 0 aromatic heterocycles. The molecule has 4 bridgehead atoms. The van der Waals surface area contributed by atoms with Gasteiger partial charge in [0.05, 0.1) is 68.5 Å². The maximum Gasteiger partial charge on any atom is 0.409 e. The van der Waals surface area contributed by atoms with Crippen molar-refractivity contribution in [2.75, 3.05) is 59.1 Å². The number of aryl methyl sites for hydroxylation is 1. The smallest absolute Gasteiger partial charge is 0.409 e. The molecule has 63 heavy (non-hydrogen) atoms. The van der Waals surface area contributed by atoms with Gasteiger partial charge in [-0.05, 0) is 51.3 Å². The van der Waals surface area contributed by atoms with Crippen LogP contribution in [0.25, 0.3) is 0 Å². The molecule has 3 heterocycles. The van der Waals surface area contributed by atoms with Crippen LogP contribution in [0.5, 0.6) is 0 Å². The zero-order valence-electron chi connectivity index (χ0n) is 37.3. The van der Waals surface area contributed by atoms with Crippen LogP contribution in [-0.4, -0.2) is 148 Å². The third kappa shape index (κ3) is 13.4. The van der Waals surface area contributed by atoms with E-state index in [-0.39, 0.29) is 58.7 Å². The van der Waals surface area contributed by atoms with Crippen LogP contribution < -0.4 is 27.0 Å². The Bertz CT molecular complexity index is 1920. The number of aliphatic hydroxyl groups is 1. The van der Waals surface area contributed by atoms with Crippen LogP contribution in [0.2, 0.25) is 5.02 Å². The third-order valence-corrected chi connectivity index (χ3v) is 12.1. The lowest BCUT2D eigenvalue weighted by Gasteiger charge is -2.42. The van der Waals surface area contributed by atoms with Crippen LogP contribution in [-0.2, 0) is 58.8 Å². The fourth-order valence-electron chi connectivity index (χ4n) is 7.60. The maximum atomic E-state index is 14.2. The number of alkyl carbamates (subject to hydrolysis) is 1. The highest BCUT2D eigenvalue weighted by Gasteiger charge is 2.64. The van der Waals surface area contributed by atoms with Gasteiger partial charge in [-0.15, -0.1) is 0 Å². The molecule has 2 saturated heterocycles. The maximum absolute atomic E-state index is 14.2. The minimum atomic E-state index is -1.85. The normalized spacial score (nSPS) is 28.5. The van der Waals surface area contributed by atoms with Crippen molar-refractivity contribution in [1.82, 2.24) is 15.5 Å². The molecule has 0 radical (unpaired) electrons. The SMILES string of the molecule is CO[C@@H]1/C=C/C=C(\C)Cc2cc(C)c(Cl)c(c2)N(C)C(=O)C[C@H](OC(=O)[C@H](C)N(C)C(=O)CCOCCOCCNC(=O)[C@@H](N)CC(N)=O)[C@]2(C)OC2[C@H](C)[C@@H]2C[C@@]1(O)NC(=O)O2. The Kier molecular flexibility index (Phi) is 18.1. The molecule has 1 aromatic carbocycles. The first-order chi connectivity index (χ1) is 29.6. The third-order valence-electron chi connectivity index (χ3n) is 11.7. The largest absolute Gasteiger partial charge is 0.457 e. The minimum absolute atomic E-state index is 0.0266. The van der Waals surface area contributed by atoms with E-state index in [4.69, 9.17) is 51.5 Å². The number of nitrogens with zero attached hydrogens (tertiary/aromatic N) is 2. The lowest BCUT2D eigenvalue weighted by atomic mass is 9.83. The van der Waals surface area contributed by atoms with Crippen LogP contribution in [0, 0.1) is 12.8 Å². The van der Waals surface area contributed by atoms with Crippen molar-refractivity contribution in [2.24, 2.45) is 17.4 Å². The van der Waals surface area contributed by atoms with Crippen LogP contribution in [0.4, 0.5) is 10.5 Å². The summed E-state index contributed by atoms with van der Waals surface area (Å²) in [5.74, 6) is -3.40. The molecule has 350 valence electrons. The van der Waals surface area contributed by atoms with Crippen molar-refractivity contribution in [2.45, 2.75) is 115 Å². The van der Waals surface area contributed by atoms with Crippen LogP contribution in [0.3, 0.4) is 0 Å². The molecule has 7 N–H and O–H groups in total. The number of carbonyl (C=O) groups is 6. The standard InChI is InChI=1S/C43H63ClN6O13/c1-24-10-9-11-32(58-8)43(57)23-31(61-41(56)48-43)26(3)38-42(5,63-38)33(22-36(53)50(7)30-20-28(18-24)19-25(2)37(30)44)62-40(55)27(4)49(6)35(52)12-14-59-16-17-60-15-13-47-39(54)29(45)21-34(46)51/h9-11,19-20,26-27,29,31-33,38,57H,12-18,21-23,45H2,1-8H3,(H2,46,51)(H,47,54)(H,48,56)/b11-9+,24-10+/t26-,27+,29+,31+,32-,33+,38?,42+,43+/m1/s1. The molecule has 0 spiro atoms. The van der Waals surface area contributed by atoms with Crippen molar-refractivity contribution in [3.05, 3.63) is 52.1 Å². The lowest BCUT2D eigenvalue weighted by Crippen LogP contribution is -2.63. The Hall–Kier alpha value is -4.63. The summed E-state index contributed by atoms with van der Waals surface area (Å²) in [4.78, 5) is 79.5. The molecule has 5 amide bonds. The van der Waals surface area contributed by atoms with Gasteiger partial charge in [0.2, 0.25) is 23.6 Å². The molecule has 3 aliphatic heterocycles. The molecule has 9 atom stereocenters. The van der Waals surface area contributed by atoms with E-state index in [1.807, 2.05) is 32.1 Å². The molecule has 2 fully saturated rings. The predicted molar refractivity (Wildman–Crippen MR) is 230 cm³/mol. The number of hydrogen-bond acceptors (Lipinski definition) is 14. The molecular formula is C43H63ClN6O13. The van der Waals surface area contributed by atoms with Gasteiger partial charge in [-0.1, -0.05) is 48.4 Å². The fourth-order valence-corrected chi connectivity index (χ4v) is 7.84. The topological polar surface area (TPSA) is 264 Å². The Balaban J connectivity index is 1.46. The second-order valence-electron chi connectivity index (χ2n) is 16.6. The number of rotatable bonds is 16. The summed E-state index contributed by atoms with van der Waals surface area (Å²) in [5, 5.41) is 17.2. The molecule has 19 nitrogen and oxygen atoms in total. The monoisotopic (exact) mass is 906 g/mol. The summed E-state index contributed by atoms with van der Waals surface area (Å²) in [6.45, 7) is 9.42. The average Bonchev–Trinajstić information content (AvgIpc) is 3.92. The highest BCUT2D eigenvalue weighted by Crippen LogP contribution is 2.49. The van der Waals surface area contributed by atoms with Crippen molar-refractivity contribution < 1.29 is 62.3 Å². The molecule has 1 aromatic rings. The van der Waals surface area contributed by atoms with E-state index in [0.717, 1.165) is 16.7 Å². The molecular weight excluding hydrogens is 844 g/mol. The number of amides is 5. The first-order valence-corrected chi connectivity index (χ1v) is 21.2. The summed E-state index contributed by atoms with van der Waals surface area (Å²) < 4.78 is 34.6. The lowest BCUT2D eigenvalue weighted by molar-refractivity contribution is -0.162. The van der Waals surface area contributed by atoms with E-state index >= 15 is 0 Å². The number of allylic oxidation sites excluding steroid dienone is 3. The van der Waals surface area contributed by atoms with Gasteiger partial charge in [-0.25, -0.2) is 9.59 Å². The second-order valence-corrected chi connectivity index (χ2v) is 16.9. The summed E-state index contributed by atoms with van der Waals surface area (Å²) in [5.41, 5.74) is 10.6. The number of esters is 1. The Morgan fingerprint density at radius 2 is 1.83 bits per heavy atom. The van der Waals surface area contributed by atoms with Crippen LogP contribution in [0.15, 0.2) is 35.9 Å². The van der Waals surface area contributed by atoms with Gasteiger partial charge >= 0.3 is 12.1 Å². The van der Waals surface area contributed by atoms with E-state index in [0.29, 0.717) is 17.1 Å². The van der Waals surface area contributed by atoms with Gasteiger partial charge in [-0.2, -0.15) is 0 Å². The van der Waals surface area contributed by atoms with E-state index in [1.54, 1.807) is 33.0 Å². The number of ether oxygens (including phenoxy) is 6. The number of likely N-dealkylation sites (N-methyl/N-ethyl adjacent to an activating group) is 1. The van der Waals surface area contributed by atoms with Gasteiger partial charge in [0.1, 0.15) is 30.0 Å². The number of fused-ring (bicyclic) bond motifs is 5. The Morgan fingerprint density at radius 3 is 2.49 bits per heavy atom. The summed E-state index contributed by atoms with van der Waals surface area (Å²) in [6, 6.07) is 1.64. The zero-order chi connectivity index (χ0) is 46.8. The fraction of sp³-hybridized carbons (Fsp3) is 0.628. The van der Waals surface area contributed by atoms with E-state index in [9.17, 15) is 33.9 Å². The molecule has 0 aliphatic carbocycles. The zero-order valence-corrected chi connectivity index (χ0v) is 38.0. The molecule has 1 unspecified atom stereocenters. The number of methoxy groups -OCH3 is 1. The summed E-state index contributed by atoms with van der Waals surface area (Å²) >= 11 is 6.79. The predicted octanol–water partition coefficient (Wildman–Crippen LogP) is 1.56. The second kappa shape index (κ2) is 22.3. The molecule has 4 rings (SSSR count). The number of benzene rings is 1. The summed E-state index contributed by atoms with van der Waals surface area (Å²) in [6.07, 6.45) is 0.468. The number of epoxide rings is 1. The van der Waals surface area contributed by atoms with Crippen molar-refractivity contribution in [3.63, 3.8) is 0 Å². The van der Waals surface area contributed by atoms with E-state index in [1.165, 1.54) is 30.9 Å². The van der Waals surface area contributed by atoms with Crippen molar-refractivity contribution in [3.8, 4) is 0 Å². The highest BCUT2D eigenvalue weighted by atomic mass is 35.5. The van der Waals surface area contributed by atoms with Crippen molar-refractivity contribution in [1.29, 1.82) is 0 Å². The quantitative estimate of drug-likeness (QED) is 0.0896. The number of hydrogen-bond donors (Lipinski definition) is 5. The molecule has 20 heteroatoms. The number of halogens is 1. The van der Waals surface area contributed by atoms with E-state index in [2.05, 4.69) is 10.6 Å². The van der Waals surface area contributed by atoms with Crippen LogP contribution >= 0.6 is 11.6 Å². The first-order valence-electron chi connectivity index (χ1n) is 20.9. The summed E-state index contributed by atoms with van der Waals surface area (Å²) in [7, 11) is 4.47. The Morgan fingerprint density at radius 1 is 1.14 bits per heavy atom. The molecule has 0 saturated carbocycles. The van der Waals surface area contributed by atoms with Gasteiger partial charge in [0.25, 0.3) is 0 Å². The first kappa shape index (κ1) is 51.0. The number of nitrogens with two attached hydrogens (primary N) is 2. The number of nitrogens with one attached hydrogen (secondary N) is 2. The van der Waals surface area contributed by atoms with Gasteiger partial charge < -0.3 is 60.1 Å². The minimum Gasteiger partial charge on any atom is -0.457 e.